The summed E-state index contributed by atoms with van der Waals surface area (Å²) in [6, 6.07) is 3.54. The predicted octanol–water partition coefficient (Wildman–Crippen LogP) is 1.93. The third kappa shape index (κ3) is 2.72. The molecule has 20 heavy (non-hydrogen) atoms. The number of sulfonamides is 1. The first-order valence-electron chi connectivity index (χ1n) is 5.91. The van der Waals surface area contributed by atoms with Gasteiger partial charge in [-0.2, -0.15) is 4.31 Å². The van der Waals surface area contributed by atoms with Crippen molar-refractivity contribution in [3.63, 3.8) is 0 Å². The summed E-state index contributed by atoms with van der Waals surface area (Å²) in [4.78, 5) is 10.9. The van der Waals surface area contributed by atoms with Gasteiger partial charge in [-0.05, 0) is 40.0 Å². The molecule has 0 amide bonds. The fraction of sp³-hybridized carbons (Fsp3) is 0.417. The lowest BCUT2D eigenvalue weighted by atomic mass is 9.99. The molecule has 1 aromatic rings. The standard InChI is InChI=1S/C12H13BrFNO4S/c1-7-5-15(6-9(7)12(16)17)20(18,19)8-2-3-10(13)11(14)4-8/h2-4,7,9H,5-6H2,1H3,(H,16,17)/t7-,9-/m1/s1. The second kappa shape index (κ2) is 5.42. The average molecular weight is 366 g/mol. The number of nitrogens with zero attached hydrogens (tertiary/aromatic N) is 1. The molecular weight excluding hydrogens is 353 g/mol. The van der Waals surface area contributed by atoms with Gasteiger partial charge in [-0.3, -0.25) is 4.79 Å². The Kier molecular flexibility index (Phi) is 4.17. The van der Waals surface area contributed by atoms with Crippen molar-refractivity contribution in [3.8, 4) is 0 Å². The highest BCUT2D eigenvalue weighted by Crippen LogP contribution is 2.29. The van der Waals surface area contributed by atoms with Crippen LogP contribution in [-0.4, -0.2) is 36.9 Å². The van der Waals surface area contributed by atoms with Crippen molar-refractivity contribution in [2.75, 3.05) is 13.1 Å². The highest BCUT2D eigenvalue weighted by Gasteiger charge is 2.40. The number of hydrogen-bond acceptors (Lipinski definition) is 3. The summed E-state index contributed by atoms with van der Waals surface area (Å²) in [6.45, 7) is 1.73. The van der Waals surface area contributed by atoms with E-state index >= 15 is 0 Å². The van der Waals surface area contributed by atoms with Crippen molar-refractivity contribution in [2.45, 2.75) is 11.8 Å². The lowest BCUT2D eigenvalue weighted by Gasteiger charge is -2.16. The van der Waals surface area contributed by atoms with Gasteiger partial charge < -0.3 is 5.11 Å². The fourth-order valence-corrected chi connectivity index (χ4v) is 4.05. The summed E-state index contributed by atoms with van der Waals surface area (Å²) in [5.41, 5.74) is 0. The maximum Gasteiger partial charge on any atom is 0.308 e. The van der Waals surface area contributed by atoms with Crippen LogP contribution in [0.2, 0.25) is 0 Å². The first kappa shape index (κ1) is 15.4. The van der Waals surface area contributed by atoms with Gasteiger partial charge in [0.15, 0.2) is 0 Å². The molecule has 5 nitrogen and oxygen atoms in total. The van der Waals surface area contributed by atoms with E-state index in [1.807, 2.05) is 0 Å². The van der Waals surface area contributed by atoms with Crippen molar-refractivity contribution in [3.05, 3.63) is 28.5 Å². The van der Waals surface area contributed by atoms with Gasteiger partial charge in [0.2, 0.25) is 10.0 Å². The average Bonchev–Trinajstić information content (AvgIpc) is 2.75. The van der Waals surface area contributed by atoms with E-state index in [9.17, 15) is 17.6 Å². The molecule has 2 rings (SSSR count). The number of carboxylic acids is 1. The normalized spacial score (nSPS) is 23.9. The third-order valence-electron chi connectivity index (χ3n) is 3.42. The summed E-state index contributed by atoms with van der Waals surface area (Å²) in [5.74, 6) is -2.70. The first-order chi connectivity index (χ1) is 9.23. The quantitative estimate of drug-likeness (QED) is 0.887. The van der Waals surface area contributed by atoms with Gasteiger partial charge >= 0.3 is 5.97 Å². The van der Waals surface area contributed by atoms with Gasteiger partial charge in [0.25, 0.3) is 0 Å². The number of carboxylic acid groups (broad SMARTS) is 1. The Balaban J connectivity index is 2.32. The van der Waals surface area contributed by atoms with Crippen LogP contribution in [0.15, 0.2) is 27.6 Å². The predicted molar refractivity (Wildman–Crippen MR) is 73.1 cm³/mol. The van der Waals surface area contributed by atoms with Crippen LogP contribution in [0.5, 0.6) is 0 Å². The van der Waals surface area contributed by atoms with E-state index in [2.05, 4.69) is 15.9 Å². The van der Waals surface area contributed by atoms with E-state index in [0.29, 0.717) is 0 Å². The van der Waals surface area contributed by atoms with E-state index in [4.69, 9.17) is 5.11 Å². The maximum atomic E-state index is 13.5. The molecule has 0 bridgehead atoms. The molecule has 0 saturated carbocycles. The minimum absolute atomic E-state index is 0.0868. The number of carbonyl (C=O) groups is 1. The van der Waals surface area contributed by atoms with Gasteiger partial charge in [-0.1, -0.05) is 6.92 Å². The number of rotatable bonds is 3. The molecule has 1 heterocycles. The molecule has 0 unspecified atom stereocenters. The Morgan fingerprint density at radius 1 is 1.45 bits per heavy atom. The van der Waals surface area contributed by atoms with Crippen molar-refractivity contribution in [1.82, 2.24) is 4.31 Å². The van der Waals surface area contributed by atoms with Crippen molar-refractivity contribution < 1.29 is 22.7 Å². The van der Waals surface area contributed by atoms with E-state index in [1.165, 1.54) is 12.1 Å². The number of hydrogen-bond donors (Lipinski definition) is 1. The Morgan fingerprint density at radius 3 is 2.60 bits per heavy atom. The topological polar surface area (TPSA) is 74.7 Å². The van der Waals surface area contributed by atoms with Crippen LogP contribution in [0.1, 0.15) is 6.92 Å². The van der Waals surface area contributed by atoms with Gasteiger partial charge in [-0.15, -0.1) is 0 Å². The van der Waals surface area contributed by atoms with E-state index in [0.717, 1.165) is 10.4 Å². The molecule has 0 aromatic heterocycles. The monoisotopic (exact) mass is 365 g/mol. The molecule has 1 fully saturated rings. The zero-order chi connectivity index (χ0) is 15.1. The second-order valence-electron chi connectivity index (χ2n) is 4.82. The van der Waals surface area contributed by atoms with Crippen LogP contribution in [0.4, 0.5) is 4.39 Å². The Hall–Kier alpha value is -0.990. The minimum atomic E-state index is -3.87. The van der Waals surface area contributed by atoms with Crippen molar-refractivity contribution >= 4 is 31.9 Å². The number of benzene rings is 1. The van der Waals surface area contributed by atoms with Crippen LogP contribution in [0, 0.1) is 17.7 Å². The molecule has 0 radical (unpaired) electrons. The molecule has 1 aliphatic rings. The zero-order valence-electron chi connectivity index (χ0n) is 10.6. The van der Waals surface area contributed by atoms with Gasteiger partial charge in [0, 0.05) is 13.1 Å². The number of aliphatic carboxylic acids is 1. The molecule has 1 N–H and O–H groups in total. The second-order valence-corrected chi connectivity index (χ2v) is 7.61. The molecule has 1 saturated heterocycles. The molecular formula is C12H13BrFNO4S. The first-order valence-corrected chi connectivity index (χ1v) is 8.15. The van der Waals surface area contributed by atoms with Crippen LogP contribution in [0.25, 0.3) is 0 Å². The Labute approximate surface area is 124 Å². The van der Waals surface area contributed by atoms with E-state index in [1.54, 1.807) is 6.92 Å². The molecule has 2 atom stereocenters. The molecule has 110 valence electrons. The van der Waals surface area contributed by atoms with Crippen molar-refractivity contribution in [2.24, 2.45) is 11.8 Å². The Bertz CT molecular complexity index is 649. The molecule has 1 aliphatic heterocycles. The van der Waals surface area contributed by atoms with Crippen LogP contribution in [-0.2, 0) is 14.8 Å². The van der Waals surface area contributed by atoms with Crippen molar-refractivity contribution in [1.29, 1.82) is 0 Å². The van der Waals surface area contributed by atoms with Gasteiger partial charge in [0.05, 0.1) is 15.3 Å². The maximum absolute atomic E-state index is 13.5. The van der Waals surface area contributed by atoms with Gasteiger partial charge in [0.1, 0.15) is 5.82 Å². The molecule has 0 aliphatic carbocycles. The molecule has 1 aromatic carbocycles. The lowest BCUT2D eigenvalue weighted by molar-refractivity contribution is -0.142. The van der Waals surface area contributed by atoms with E-state index in [-0.39, 0.29) is 28.4 Å². The fourth-order valence-electron chi connectivity index (χ4n) is 2.23. The van der Waals surface area contributed by atoms with E-state index < -0.39 is 27.7 Å². The molecule has 0 spiro atoms. The zero-order valence-corrected chi connectivity index (χ0v) is 13.0. The highest BCUT2D eigenvalue weighted by molar-refractivity contribution is 9.10. The SMILES string of the molecule is C[C@@H]1CN(S(=O)(=O)c2ccc(Br)c(F)c2)C[C@H]1C(=O)O. The summed E-state index contributed by atoms with van der Waals surface area (Å²) >= 11 is 2.96. The highest BCUT2D eigenvalue weighted by atomic mass is 79.9. The minimum Gasteiger partial charge on any atom is -0.481 e. The summed E-state index contributed by atoms with van der Waals surface area (Å²) < 4.78 is 39.5. The van der Waals surface area contributed by atoms with Crippen LogP contribution in [0.3, 0.4) is 0 Å². The Morgan fingerprint density at radius 2 is 2.10 bits per heavy atom. The third-order valence-corrected chi connectivity index (χ3v) is 5.90. The van der Waals surface area contributed by atoms with Crippen LogP contribution >= 0.6 is 15.9 Å². The summed E-state index contributed by atoms with van der Waals surface area (Å²) in [5, 5.41) is 9.03. The molecule has 8 heteroatoms. The lowest BCUT2D eigenvalue weighted by Crippen LogP contribution is -2.30. The smallest absolute Gasteiger partial charge is 0.308 e. The summed E-state index contributed by atoms with van der Waals surface area (Å²) in [6.07, 6.45) is 0. The number of halogens is 2. The van der Waals surface area contributed by atoms with Gasteiger partial charge in [-0.25, -0.2) is 12.8 Å². The largest absolute Gasteiger partial charge is 0.481 e. The van der Waals surface area contributed by atoms with Crippen LogP contribution < -0.4 is 0 Å². The summed E-state index contributed by atoms with van der Waals surface area (Å²) in [7, 11) is -3.87.